The normalized spacial score (nSPS) is 10.2. The molecule has 2 rings (SSSR count). The lowest BCUT2D eigenvalue weighted by Gasteiger charge is -2.19. The van der Waals surface area contributed by atoms with Crippen LogP contribution in [-0.2, 0) is 0 Å². The van der Waals surface area contributed by atoms with Crippen molar-refractivity contribution < 1.29 is 9.90 Å². The highest BCUT2D eigenvalue weighted by molar-refractivity contribution is 9.10. The molecule has 0 radical (unpaired) electrons. The number of aromatic hydroxyl groups is 1. The van der Waals surface area contributed by atoms with Gasteiger partial charge in [-0.1, -0.05) is 28.1 Å². The average Bonchev–Trinajstić information content (AvgIpc) is 2.38. The number of hydrogen-bond acceptors (Lipinski definition) is 3. The van der Waals surface area contributed by atoms with Crippen molar-refractivity contribution in [1.29, 1.82) is 0 Å². The average molecular weight is 321 g/mol. The molecule has 0 unspecified atom stereocenters. The summed E-state index contributed by atoms with van der Waals surface area (Å²) in [7, 11) is 1.62. The number of rotatable bonds is 2. The number of phenols is 1. The molecule has 98 valence electrons. The minimum Gasteiger partial charge on any atom is -0.507 e. The van der Waals surface area contributed by atoms with Crippen LogP contribution in [-0.4, -0.2) is 18.1 Å². The third kappa shape index (κ3) is 2.71. The van der Waals surface area contributed by atoms with E-state index in [0.29, 0.717) is 15.8 Å². The third-order valence-electron chi connectivity index (χ3n) is 2.79. The Labute approximate surface area is 119 Å². The summed E-state index contributed by atoms with van der Waals surface area (Å²) in [4.78, 5) is 13.7. The van der Waals surface area contributed by atoms with Crippen molar-refractivity contribution in [3.63, 3.8) is 0 Å². The van der Waals surface area contributed by atoms with Crippen molar-refractivity contribution >= 4 is 33.2 Å². The van der Waals surface area contributed by atoms with E-state index in [9.17, 15) is 9.90 Å². The van der Waals surface area contributed by atoms with Gasteiger partial charge < -0.3 is 15.7 Å². The Balaban J connectivity index is 2.37. The zero-order chi connectivity index (χ0) is 14.0. The van der Waals surface area contributed by atoms with E-state index >= 15 is 0 Å². The predicted octanol–water partition coefficient (Wildman–Crippen LogP) is 3.01. The Kier molecular flexibility index (Phi) is 3.76. The van der Waals surface area contributed by atoms with Crippen molar-refractivity contribution in [2.75, 3.05) is 17.7 Å². The van der Waals surface area contributed by atoms with Crippen LogP contribution >= 0.6 is 15.9 Å². The first kappa shape index (κ1) is 13.4. The SMILES string of the molecule is CN(C(=O)c1ccc(Br)cc1O)c1ccccc1N. The molecule has 2 aromatic rings. The minimum absolute atomic E-state index is 0.0688. The van der Waals surface area contributed by atoms with Crippen LogP contribution in [0.15, 0.2) is 46.9 Å². The van der Waals surface area contributed by atoms with Gasteiger partial charge in [0.05, 0.1) is 16.9 Å². The van der Waals surface area contributed by atoms with Gasteiger partial charge in [-0.25, -0.2) is 0 Å². The Morgan fingerprint density at radius 1 is 1.26 bits per heavy atom. The molecule has 0 aliphatic heterocycles. The first-order valence-corrected chi connectivity index (χ1v) is 6.41. The lowest BCUT2D eigenvalue weighted by Crippen LogP contribution is -2.27. The second kappa shape index (κ2) is 5.32. The molecule has 19 heavy (non-hydrogen) atoms. The molecular formula is C14H13BrN2O2. The molecule has 0 fully saturated rings. The van der Waals surface area contributed by atoms with Crippen LogP contribution in [0.25, 0.3) is 0 Å². The Morgan fingerprint density at radius 3 is 2.58 bits per heavy atom. The summed E-state index contributed by atoms with van der Waals surface area (Å²) in [6, 6.07) is 11.8. The fourth-order valence-corrected chi connectivity index (χ4v) is 2.12. The first-order valence-electron chi connectivity index (χ1n) is 5.62. The zero-order valence-electron chi connectivity index (χ0n) is 10.3. The van der Waals surface area contributed by atoms with Gasteiger partial charge in [0.25, 0.3) is 5.91 Å². The van der Waals surface area contributed by atoms with E-state index in [1.165, 1.54) is 11.0 Å². The van der Waals surface area contributed by atoms with E-state index < -0.39 is 0 Å². The largest absolute Gasteiger partial charge is 0.507 e. The number of para-hydroxylation sites is 2. The summed E-state index contributed by atoms with van der Waals surface area (Å²) in [5.41, 5.74) is 7.18. The molecule has 5 heteroatoms. The summed E-state index contributed by atoms with van der Waals surface area (Å²) in [5, 5.41) is 9.82. The van der Waals surface area contributed by atoms with Gasteiger partial charge in [0.2, 0.25) is 0 Å². The molecule has 2 aromatic carbocycles. The number of halogens is 1. The van der Waals surface area contributed by atoms with E-state index in [4.69, 9.17) is 5.73 Å². The molecule has 3 N–H and O–H groups in total. The van der Waals surface area contributed by atoms with Crippen LogP contribution in [0.5, 0.6) is 5.75 Å². The highest BCUT2D eigenvalue weighted by Gasteiger charge is 2.18. The number of carbonyl (C=O) groups excluding carboxylic acids is 1. The van der Waals surface area contributed by atoms with Crippen LogP contribution < -0.4 is 10.6 Å². The molecule has 0 spiro atoms. The second-order valence-electron chi connectivity index (χ2n) is 4.08. The first-order chi connectivity index (χ1) is 9.00. The fraction of sp³-hybridized carbons (Fsp3) is 0.0714. The lowest BCUT2D eigenvalue weighted by atomic mass is 10.1. The van der Waals surface area contributed by atoms with Gasteiger partial charge in [0.15, 0.2) is 0 Å². The highest BCUT2D eigenvalue weighted by Crippen LogP contribution is 2.27. The highest BCUT2D eigenvalue weighted by atomic mass is 79.9. The van der Waals surface area contributed by atoms with Gasteiger partial charge in [-0.15, -0.1) is 0 Å². The van der Waals surface area contributed by atoms with E-state index in [-0.39, 0.29) is 17.2 Å². The molecule has 0 saturated carbocycles. The predicted molar refractivity (Wildman–Crippen MR) is 79.4 cm³/mol. The van der Waals surface area contributed by atoms with Gasteiger partial charge in [0, 0.05) is 11.5 Å². The Morgan fingerprint density at radius 2 is 1.95 bits per heavy atom. The van der Waals surface area contributed by atoms with Gasteiger partial charge >= 0.3 is 0 Å². The van der Waals surface area contributed by atoms with Gasteiger partial charge in [-0.2, -0.15) is 0 Å². The molecule has 4 nitrogen and oxygen atoms in total. The summed E-state index contributed by atoms with van der Waals surface area (Å²) < 4.78 is 0.712. The number of nitrogens with zero attached hydrogens (tertiary/aromatic N) is 1. The van der Waals surface area contributed by atoms with Crippen molar-refractivity contribution in [2.45, 2.75) is 0 Å². The van der Waals surface area contributed by atoms with Gasteiger partial charge in [-0.05, 0) is 30.3 Å². The van der Waals surface area contributed by atoms with Gasteiger partial charge in [0.1, 0.15) is 5.75 Å². The standard InChI is InChI=1S/C14H13BrN2O2/c1-17(12-5-3-2-4-11(12)16)14(19)10-7-6-9(15)8-13(10)18/h2-8,18H,16H2,1H3. The monoisotopic (exact) mass is 320 g/mol. The van der Waals surface area contributed by atoms with Gasteiger partial charge in [-0.3, -0.25) is 4.79 Å². The molecule has 0 heterocycles. The maximum Gasteiger partial charge on any atom is 0.261 e. The number of amides is 1. The summed E-state index contributed by atoms with van der Waals surface area (Å²) in [6.45, 7) is 0. The number of benzene rings is 2. The fourth-order valence-electron chi connectivity index (χ4n) is 1.77. The minimum atomic E-state index is -0.317. The number of nitrogen functional groups attached to an aromatic ring is 1. The van der Waals surface area contributed by atoms with E-state index in [1.54, 1.807) is 43.4 Å². The molecule has 0 saturated heterocycles. The Bertz CT molecular complexity index is 629. The third-order valence-corrected chi connectivity index (χ3v) is 3.29. The second-order valence-corrected chi connectivity index (χ2v) is 5.00. The van der Waals surface area contributed by atoms with E-state index in [1.807, 2.05) is 0 Å². The summed E-state index contributed by atoms with van der Waals surface area (Å²) in [6.07, 6.45) is 0. The molecule has 0 aromatic heterocycles. The van der Waals surface area contributed by atoms with Crippen molar-refractivity contribution in [2.24, 2.45) is 0 Å². The molecule has 0 aliphatic carbocycles. The smallest absolute Gasteiger partial charge is 0.261 e. The van der Waals surface area contributed by atoms with E-state index in [2.05, 4.69) is 15.9 Å². The summed E-state index contributed by atoms with van der Waals surface area (Å²) >= 11 is 3.23. The number of hydrogen-bond donors (Lipinski definition) is 2. The topological polar surface area (TPSA) is 66.6 Å². The quantitative estimate of drug-likeness (QED) is 0.836. The lowest BCUT2D eigenvalue weighted by molar-refractivity contribution is 0.0990. The molecular weight excluding hydrogens is 308 g/mol. The maximum atomic E-state index is 12.3. The molecule has 0 bridgehead atoms. The summed E-state index contributed by atoms with van der Waals surface area (Å²) in [5.74, 6) is -0.386. The number of phenolic OH excluding ortho intramolecular Hbond substituents is 1. The van der Waals surface area contributed by atoms with Crippen LogP contribution in [0.4, 0.5) is 11.4 Å². The van der Waals surface area contributed by atoms with Crippen LogP contribution in [0.1, 0.15) is 10.4 Å². The molecule has 0 aliphatic rings. The van der Waals surface area contributed by atoms with Crippen LogP contribution in [0, 0.1) is 0 Å². The number of anilines is 2. The number of nitrogens with two attached hydrogens (primary N) is 1. The van der Waals surface area contributed by atoms with Crippen molar-refractivity contribution in [1.82, 2.24) is 0 Å². The zero-order valence-corrected chi connectivity index (χ0v) is 11.9. The van der Waals surface area contributed by atoms with Crippen molar-refractivity contribution in [3.8, 4) is 5.75 Å². The van der Waals surface area contributed by atoms with Crippen LogP contribution in [0.2, 0.25) is 0 Å². The number of carbonyl (C=O) groups is 1. The Hall–Kier alpha value is -2.01. The van der Waals surface area contributed by atoms with E-state index in [0.717, 1.165) is 0 Å². The van der Waals surface area contributed by atoms with Crippen LogP contribution in [0.3, 0.4) is 0 Å². The maximum absolute atomic E-state index is 12.3. The van der Waals surface area contributed by atoms with Crippen molar-refractivity contribution in [3.05, 3.63) is 52.5 Å². The molecule has 1 amide bonds. The molecule has 0 atom stereocenters.